The smallest absolute Gasteiger partial charge is 0.0701 e. The number of aromatic nitrogens is 1. The van der Waals surface area contributed by atoms with Crippen molar-refractivity contribution in [3.05, 3.63) is 35.5 Å². The number of hydrogen-bond donors (Lipinski definition) is 3. The highest BCUT2D eigenvalue weighted by molar-refractivity contribution is 5.88. The highest BCUT2D eigenvalue weighted by atomic mass is 16.5. The van der Waals surface area contributed by atoms with Crippen LogP contribution in [0.3, 0.4) is 0 Å². The van der Waals surface area contributed by atoms with E-state index in [-0.39, 0.29) is 19.3 Å². The average Bonchev–Trinajstić information content (AvgIpc) is 3.04. The van der Waals surface area contributed by atoms with E-state index in [1.165, 1.54) is 22.0 Å². The number of nitrogens with one attached hydrogen (secondary N) is 1. The molecule has 1 fully saturated rings. The minimum atomic E-state index is 0.00683. The van der Waals surface area contributed by atoms with E-state index in [9.17, 15) is 5.11 Å². The zero-order valence-electron chi connectivity index (χ0n) is 14.8. The lowest BCUT2D eigenvalue weighted by Crippen LogP contribution is -2.50. The third kappa shape index (κ3) is 2.99. The van der Waals surface area contributed by atoms with Gasteiger partial charge in [0.1, 0.15) is 0 Å². The van der Waals surface area contributed by atoms with Crippen LogP contribution in [0.1, 0.15) is 29.9 Å². The minimum absolute atomic E-state index is 0.00683. The summed E-state index contributed by atoms with van der Waals surface area (Å²) in [5, 5.41) is 19.9. The van der Waals surface area contributed by atoms with Crippen molar-refractivity contribution in [3.63, 3.8) is 0 Å². The van der Waals surface area contributed by atoms with Gasteiger partial charge >= 0.3 is 0 Å². The van der Waals surface area contributed by atoms with Crippen LogP contribution in [0.15, 0.2) is 24.4 Å². The summed E-state index contributed by atoms with van der Waals surface area (Å²) < 4.78 is 5.88. The van der Waals surface area contributed by atoms with Gasteiger partial charge < -0.3 is 24.8 Å². The second-order valence-electron chi connectivity index (χ2n) is 7.54. The molecule has 25 heavy (non-hydrogen) atoms. The Morgan fingerprint density at radius 3 is 3.00 bits per heavy atom. The van der Waals surface area contributed by atoms with Gasteiger partial charge in [-0.05, 0) is 49.4 Å². The Kier molecular flexibility index (Phi) is 4.82. The fourth-order valence-electron chi connectivity index (χ4n) is 5.04. The third-order valence-electron chi connectivity index (χ3n) is 6.12. The molecule has 1 aliphatic heterocycles. The quantitative estimate of drug-likeness (QED) is 0.748. The minimum Gasteiger partial charge on any atom is -0.396 e. The number of hydrogen-bond acceptors (Lipinski definition) is 4. The van der Waals surface area contributed by atoms with Gasteiger partial charge in [-0.1, -0.05) is 12.1 Å². The van der Waals surface area contributed by atoms with Crippen LogP contribution in [0.25, 0.3) is 10.9 Å². The second-order valence-corrected chi connectivity index (χ2v) is 7.54. The SMILES string of the molecule is CN1C[C@H](C(CCO)OCCO)CC2c3cccc4[nH]cc(c34)C[C@H]21. The topological polar surface area (TPSA) is 68.7 Å². The fourth-order valence-corrected chi connectivity index (χ4v) is 5.04. The van der Waals surface area contributed by atoms with Crippen LogP contribution in [0.5, 0.6) is 0 Å². The number of fused-ring (bicyclic) bond motifs is 2. The summed E-state index contributed by atoms with van der Waals surface area (Å²) in [4.78, 5) is 5.90. The molecule has 2 unspecified atom stereocenters. The Hall–Kier alpha value is -1.40. The van der Waals surface area contributed by atoms with Gasteiger partial charge in [0.25, 0.3) is 0 Å². The largest absolute Gasteiger partial charge is 0.396 e. The molecule has 1 saturated heterocycles. The summed E-state index contributed by atoms with van der Waals surface area (Å²) >= 11 is 0. The summed E-state index contributed by atoms with van der Waals surface area (Å²) in [7, 11) is 2.21. The molecule has 0 amide bonds. The van der Waals surface area contributed by atoms with E-state index in [0.717, 1.165) is 19.4 Å². The average molecular weight is 344 g/mol. The first-order valence-electron chi connectivity index (χ1n) is 9.35. The van der Waals surface area contributed by atoms with Crippen molar-refractivity contribution in [2.24, 2.45) is 5.92 Å². The Bertz CT molecular complexity index is 729. The zero-order valence-corrected chi connectivity index (χ0v) is 14.8. The first-order valence-corrected chi connectivity index (χ1v) is 9.35. The summed E-state index contributed by atoms with van der Waals surface area (Å²) in [6, 6.07) is 7.11. The van der Waals surface area contributed by atoms with E-state index >= 15 is 0 Å². The van der Waals surface area contributed by atoms with Gasteiger partial charge in [-0.25, -0.2) is 0 Å². The molecule has 0 saturated carbocycles. The number of aliphatic hydroxyl groups excluding tert-OH is 2. The molecule has 5 nitrogen and oxygen atoms in total. The number of piperidine rings is 1. The number of H-pyrrole nitrogens is 1. The molecule has 1 aliphatic carbocycles. The van der Waals surface area contributed by atoms with Crippen molar-refractivity contribution in [2.75, 3.05) is 33.4 Å². The van der Waals surface area contributed by atoms with Crippen molar-refractivity contribution in [1.82, 2.24) is 9.88 Å². The van der Waals surface area contributed by atoms with Crippen molar-refractivity contribution >= 4 is 10.9 Å². The predicted octanol–water partition coefficient (Wildman–Crippen LogP) is 1.89. The lowest BCUT2D eigenvalue weighted by atomic mass is 9.71. The number of likely N-dealkylation sites (tertiary alicyclic amines) is 1. The molecule has 1 aromatic heterocycles. The molecule has 136 valence electrons. The molecular formula is C20H28N2O3. The fraction of sp³-hybridized carbons (Fsp3) is 0.600. The predicted molar refractivity (Wildman–Crippen MR) is 97.8 cm³/mol. The third-order valence-corrected chi connectivity index (χ3v) is 6.12. The molecule has 2 heterocycles. The van der Waals surface area contributed by atoms with Gasteiger partial charge in [-0.15, -0.1) is 0 Å². The van der Waals surface area contributed by atoms with Crippen LogP contribution in [0, 0.1) is 5.92 Å². The molecule has 0 spiro atoms. The van der Waals surface area contributed by atoms with Gasteiger partial charge in [0.05, 0.1) is 19.3 Å². The van der Waals surface area contributed by atoms with Gasteiger partial charge in [0, 0.05) is 42.2 Å². The molecule has 3 N–H and O–H groups in total. The van der Waals surface area contributed by atoms with Crippen LogP contribution >= 0.6 is 0 Å². The van der Waals surface area contributed by atoms with Gasteiger partial charge in [0.15, 0.2) is 0 Å². The number of likely N-dealkylation sites (N-methyl/N-ethyl adjacent to an activating group) is 1. The van der Waals surface area contributed by atoms with E-state index in [0.29, 0.717) is 30.9 Å². The maximum Gasteiger partial charge on any atom is 0.0701 e. The first kappa shape index (κ1) is 17.0. The van der Waals surface area contributed by atoms with Crippen molar-refractivity contribution in [1.29, 1.82) is 0 Å². The van der Waals surface area contributed by atoms with E-state index in [2.05, 4.69) is 41.3 Å². The van der Waals surface area contributed by atoms with E-state index < -0.39 is 0 Å². The molecule has 0 radical (unpaired) electrons. The van der Waals surface area contributed by atoms with Crippen LogP contribution in [-0.2, 0) is 11.2 Å². The van der Waals surface area contributed by atoms with E-state index in [1.807, 2.05) is 0 Å². The molecule has 1 aromatic carbocycles. The van der Waals surface area contributed by atoms with Crippen molar-refractivity contribution in [3.8, 4) is 0 Å². The summed E-state index contributed by atoms with van der Waals surface area (Å²) in [5.74, 6) is 0.871. The van der Waals surface area contributed by atoms with Crippen LogP contribution in [0.4, 0.5) is 0 Å². The normalized spacial score (nSPS) is 27.4. The Balaban J connectivity index is 1.64. The summed E-state index contributed by atoms with van der Waals surface area (Å²) in [6.07, 6.45) is 4.98. The number of aliphatic hydroxyl groups is 2. The Labute approximate surface area is 148 Å². The highest BCUT2D eigenvalue weighted by Gasteiger charge is 2.41. The number of ether oxygens (including phenoxy) is 1. The summed E-state index contributed by atoms with van der Waals surface area (Å²) in [6.45, 7) is 1.48. The molecule has 5 heteroatoms. The number of nitrogens with zero attached hydrogens (tertiary/aromatic N) is 1. The lowest BCUT2D eigenvalue weighted by Gasteiger charge is -2.47. The molecule has 4 rings (SSSR count). The van der Waals surface area contributed by atoms with Gasteiger partial charge in [-0.2, -0.15) is 0 Å². The Morgan fingerprint density at radius 1 is 1.32 bits per heavy atom. The van der Waals surface area contributed by atoms with Crippen LogP contribution in [0.2, 0.25) is 0 Å². The van der Waals surface area contributed by atoms with Gasteiger partial charge in [0.2, 0.25) is 0 Å². The van der Waals surface area contributed by atoms with Gasteiger partial charge in [-0.3, -0.25) is 0 Å². The number of benzene rings is 1. The van der Waals surface area contributed by atoms with E-state index in [4.69, 9.17) is 9.84 Å². The number of rotatable bonds is 6. The zero-order chi connectivity index (χ0) is 17.4. The number of aromatic amines is 1. The summed E-state index contributed by atoms with van der Waals surface area (Å²) in [5.41, 5.74) is 4.12. The second kappa shape index (κ2) is 7.08. The monoisotopic (exact) mass is 344 g/mol. The maximum absolute atomic E-state index is 9.43. The van der Waals surface area contributed by atoms with Crippen molar-refractivity contribution < 1.29 is 14.9 Å². The standard InChI is InChI=1S/C20H28N2O3/c1-22-12-14(19(5-6-23)25-8-7-24)9-16-15-3-2-4-17-20(15)13(11-21-17)10-18(16)22/h2-4,11,14,16,18-19,21,23-24H,5-10,12H2,1H3/t14-,16?,18-,19?/m1/s1. The molecule has 2 aliphatic rings. The Morgan fingerprint density at radius 2 is 2.20 bits per heavy atom. The van der Waals surface area contributed by atoms with Crippen LogP contribution < -0.4 is 0 Å². The maximum atomic E-state index is 9.43. The molecule has 0 bridgehead atoms. The van der Waals surface area contributed by atoms with Crippen LogP contribution in [-0.4, -0.2) is 65.7 Å². The molecule has 4 atom stereocenters. The highest BCUT2D eigenvalue weighted by Crippen LogP contribution is 2.45. The lowest BCUT2D eigenvalue weighted by molar-refractivity contribution is -0.0466. The first-order chi connectivity index (χ1) is 12.2. The van der Waals surface area contributed by atoms with E-state index in [1.54, 1.807) is 0 Å². The van der Waals surface area contributed by atoms with Crippen molar-refractivity contribution in [2.45, 2.75) is 37.3 Å². The molecule has 2 aromatic rings. The molecular weight excluding hydrogens is 316 g/mol.